The van der Waals surface area contributed by atoms with Crippen LogP contribution in [0.2, 0.25) is 0 Å². The molecule has 0 saturated carbocycles. The topological polar surface area (TPSA) is 69.4 Å². The second-order valence-corrected chi connectivity index (χ2v) is 2.75. The molecule has 0 aromatic carbocycles. The second-order valence-electron chi connectivity index (χ2n) is 1.58. The molecular formula is C4H5NO3Si. The third-order valence-corrected chi connectivity index (χ3v) is 1.90. The van der Waals surface area contributed by atoms with E-state index >= 15 is 0 Å². The van der Waals surface area contributed by atoms with Gasteiger partial charge < -0.3 is 10.1 Å². The number of carbonyl (C=O) groups excluding carboxylic acids is 2. The molecule has 0 fully saturated rings. The van der Waals surface area contributed by atoms with E-state index in [2.05, 4.69) is 4.74 Å². The van der Waals surface area contributed by atoms with Crippen LogP contribution in [0.15, 0.2) is 11.3 Å². The van der Waals surface area contributed by atoms with Crippen molar-refractivity contribution in [1.82, 2.24) is 0 Å². The van der Waals surface area contributed by atoms with Crippen LogP contribution >= 0.6 is 0 Å². The highest BCUT2D eigenvalue weighted by molar-refractivity contribution is 6.52. The Morgan fingerprint density at radius 3 is 2.44 bits per heavy atom. The summed E-state index contributed by atoms with van der Waals surface area (Å²) in [5.41, 5.74) is 0. The van der Waals surface area contributed by atoms with Gasteiger partial charge >= 0.3 is 11.9 Å². The largest absolute Gasteiger partial charge is 0.387 e. The molecule has 0 atom stereocenters. The molecule has 0 aromatic rings. The van der Waals surface area contributed by atoms with Crippen LogP contribution in [0.3, 0.4) is 0 Å². The van der Waals surface area contributed by atoms with Crippen LogP contribution in [0.4, 0.5) is 0 Å². The van der Waals surface area contributed by atoms with Gasteiger partial charge in [0.05, 0.1) is 0 Å². The smallest absolute Gasteiger partial charge is 0.338 e. The van der Waals surface area contributed by atoms with Crippen molar-refractivity contribution in [3.63, 3.8) is 0 Å². The Morgan fingerprint density at radius 2 is 2.22 bits per heavy atom. The number of esters is 2. The predicted octanol–water partition coefficient (Wildman–Crippen LogP) is -2.00. The Morgan fingerprint density at radius 1 is 1.56 bits per heavy atom. The van der Waals surface area contributed by atoms with Gasteiger partial charge in [-0.2, -0.15) is 0 Å². The zero-order valence-corrected chi connectivity index (χ0v) is 6.00. The first-order chi connectivity index (χ1) is 4.24. The van der Waals surface area contributed by atoms with E-state index in [1.54, 1.807) is 0 Å². The normalized spacial score (nSPS) is 19.0. The number of rotatable bonds is 1. The minimum absolute atomic E-state index is 0.375. The summed E-state index contributed by atoms with van der Waals surface area (Å²) in [6.45, 7) is 0. The summed E-state index contributed by atoms with van der Waals surface area (Å²) in [4.78, 5) is 20.7. The van der Waals surface area contributed by atoms with Crippen LogP contribution in [0.25, 0.3) is 0 Å². The monoisotopic (exact) mass is 143 g/mol. The predicted molar refractivity (Wildman–Crippen MR) is 31.9 cm³/mol. The molecule has 0 spiro atoms. The van der Waals surface area contributed by atoms with Gasteiger partial charge in [-0.05, 0) is 0 Å². The van der Waals surface area contributed by atoms with Crippen molar-refractivity contribution in [2.45, 2.75) is 0 Å². The fourth-order valence-corrected chi connectivity index (χ4v) is 1.05. The number of carbonyl (C=O) groups is 2. The molecule has 48 valence electrons. The van der Waals surface area contributed by atoms with Gasteiger partial charge in [-0.3, -0.25) is 0 Å². The summed E-state index contributed by atoms with van der Waals surface area (Å²) in [5.74, 6) is -1.15. The fraction of sp³-hybridized carbons (Fsp3) is 0. The molecule has 0 radical (unpaired) electrons. The first-order valence-electron chi connectivity index (χ1n) is 2.41. The van der Waals surface area contributed by atoms with Crippen LogP contribution < -0.4 is 5.40 Å². The van der Waals surface area contributed by atoms with Gasteiger partial charge in [0, 0.05) is 11.3 Å². The highest BCUT2D eigenvalue weighted by atomic mass is 28.2. The van der Waals surface area contributed by atoms with Crippen molar-refractivity contribution in [3.8, 4) is 0 Å². The summed E-state index contributed by atoms with van der Waals surface area (Å²) in [6.07, 6.45) is 1.16. The van der Waals surface area contributed by atoms with Gasteiger partial charge in [-0.1, -0.05) is 0 Å². The number of nitrogens with two attached hydrogens (primary N) is 1. The average Bonchev–Trinajstić information content (AvgIpc) is 2.10. The zero-order valence-electron chi connectivity index (χ0n) is 4.59. The third-order valence-electron chi connectivity index (χ3n) is 0.967. The maximum Gasteiger partial charge on any atom is 0.338 e. The minimum Gasteiger partial charge on any atom is -0.387 e. The number of ether oxygens (including phenoxy) is 1. The van der Waals surface area contributed by atoms with E-state index in [0.717, 1.165) is 6.08 Å². The van der Waals surface area contributed by atoms with E-state index in [-0.39, 0.29) is 0 Å². The van der Waals surface area contributed by atoms with Crippen molar-refractivity contribution < 1.29 is 14.3 Å². The van der Waals surface area contributed by atoms with E-state index in [1.807, 2.05) is 0 Å². The molecule has 0 aliphatic carbocycles. The summed E-state index contributed by atoms with van der Waals surface area (Å²) in [7, 11) is -1.02. The molecule has 1 aliphatic heterocycles. The molecule has 1 rings (SSSR count). The van der Waals surface area contributed by atoms with Gasteiger partial charge in [0.15, 0.2) is 0 Å². The van der Waals surface area contributed by atoms with Crippen LogP contribution in [0, 0.1) is 0 Å². The molecule has 0 amide bonds. The fourth-order valence-electron chi connectivity index (χ4n) is 0.530. The lowest BCUT2D eigenvalue weighted by molar-refractivity contribution is -0.150. The maximum atomic E-state index is 10.5. The average molecular weight is 143 g/mol. The van der Waals surface area contributed by atoms with Gasteiger partial charge in [0.1, 0.15) is 9.68 Å². The molecule has 1 heterocycles. The van der Waals surface area contributed by atoms with Gasteiger partial charge in [0.25, 0.3) is 0 Å². The van der Waals surface area contributed by atoms with E-state index in [4.69, 9.17) is 5.40 Å². The van der Waals surface area contributed by atoms with Crippen molar-refractivity contribution in [3.05, 3.63) is 11.3 Å². The standard InChI is InChI=1S/C4H5NO3Si/c5-9-2-1-3(6)8-4(2)7/h1H,5,9H2. The Balaban J connectivity index is 2.80. The molecule has 9 heavy (non-hydrogen) atoms. The van der Waals surface area contributed by atoms with E-state index < -0.39 is 21.6 Å². The molecule has 2 N–H and O–H groups in total. The minimum atomic E-state index is -1.02. The molecule has 0 bridgehead atoms. The maximum absolute atomic E-state index is 10.5. The molecule has 0 aromatic heterocycles. The van der Waals surface area contributed by atoms with Crippen molar-refractivity contribution in [2.75, 3.05) is 0 Å². The van der Waals surface area contributed by atoms with Crippen LogP contribution in [-0.2, 0) is 14.3 Å². The van der Waals surface area contributed by atoms with E-state index in [9.17, 15) is 9.59 Å². The Kier molecular flexibility index (Phi) is 1.45. The highest BCUT2D eigenvalue weighted by Gasteiger charge is 2.21. The molecule has 4 nitrogen and oxygen atoms in total. The molecule has 1 aliphatic rings. The molecular weight excluding hydrogens is 138 g/mol. The highest BCUT2D eigenvalue weighted by Crippen LogP contribution is 2.03. The van der Waals surface area contributed by atoms with Gasteiger partial charge in [-0.25, -0.2) is 9.59 Å². The van der Waals surface area contributed by atoms with Crippen molar-refractivity contribution in [2.24, 2.45) is 5.40 Å². The lowest BCUT2D eigenvalue weighted by Crippen LogP contribution is -2.14. The lowest BCUT2D eigenvalue weighted by atomic mass is 10.5. The second kappa shape index (κ2) is 2.12. The number of hydrogen-bond donors (Lipinski definition) is 1. The Bertz CT molecular complexity index is 198. The number of hydrogen-bond acceptors (Lipinski definition) is 4. The van der Waals surface area contributed by atoms with Crippen LogP contribution in [0.1, 0.15) is 0 Å². The summed E-state index contributed by atoms with van der Waals surface area (Å²) >= 11 is 0. The summed E-state index contributed by atoms with van der Waals surface area (Å²) in [5, 5.41) is 5.58. The zero-order chi connectivity index (χ0) is 6.85. The first-order valence-corrected chi connectivity index (χ1v) is 3.93. The quantitative estimate of drug-likeness (QED) is 0.262. The third kappa shape index (κ3) is 1.06. The number of cyclic esters (lactones) is 2. The molecule has 5 heteroatoms. The van der Waals surface area contributed by atoms with E-state index in [1.165, 1.54) is 0 Å². The van der Waals surface area contributed by atoms with Crippen LogP contribution in [0.5, 0.6) is 0 Å². The van der Waals surface area contributed by atoms with Gasteiger partial charge in [0.2, 0.25) is 0 Å². The Hall–Kier alpha value is -0.943. The van der Waals surface area contributed by atoms with Crippen molar-refractivity contribution >= 4 is 21.6 Å². The summed E-state index contributed by atoms with van der Waals surface area (Å²) in [6, 6.07) is 0. The first kappa shape index (κ1) is 6.18. The van der Waals surface area contributed by atoms with Gasteiger partial charge in [-0.15, -0.1) is 0 Å². The van der Waals surface area contributed by atoms with Crippen LogP contribution in [-0.4, -0.2) is 21.6 Å². The lowest BCUT2D eigenvalue weighted by Gasteiger charge is -1.87. The van der Waals surface area contributed by atoms with Crippen molar-refractivity contribution in [1.29, 1.82) is 0 Å². The molecule has 0 saturated heterocycles. The SMILES string of the molecule is N[SiH2]C1=CC(=O)OC1=O. The summed E-state index contributed by atoms with van der Waals surface area (Å²) < 4.78 is 4.15. The molecule has 0 unspecified atom stereocenters. The van der Waals surface area contributed by atoms with E-state index in [0.29, 0.717) is 5.20 Å². The Labute approximate surface area is 53.6 Å².